The summed E-state index contributed by atoms with van der Waals surface area (Å²) in [5.74, 6) is 0.357. The summed E-state index contributed by atoms with van der Waals surface area (Å²) < 4.78 is 59.5. The van der Waals surface area contributed by atoms with Crippen LogP contribution in [0.2, 0.25) is 0 Å². The van der Waals surface area contributed by atoms with E-state index in [1.807, 2.05) is 20.8 Å². The Hall–Kier alpha value is -0.640. The van der Waals surface area contributed by atoms with Crippen molar-refractivity contribution in [2.45, 2.75) is 52.1 Å². The van der Waals surface area contributed by atoms with Crippen molar-refractivity contribution >= 4 is 17.6 Å². The SMILES string of the molecule is CC(C)(C)OC(=O)COCCOCCOCCOCCOCCOCCOCCOCCOCCOCCCCCCCl. The fourth-order valence-corrected chi connectivity index (χ4v) is 3.35. The summed E-state index contributed by atoms with van der Waals surface area (Å²) in [6, 6.07) is 0. The third-order valence-electron chi connectivity index (χ3n) is 5.16. The Bertz CT molecular complexity index is 566. The first-order valence-electron chi connectivity index (χ1n) is 15.5. The number of ether oxygens (including phenoxy) is 11. The maximum atomic E-state index is 11.5. The fraction of sp³-hybridized carbons (Fsp3) is 0.967. The molecule has 13 heteroatoms. The number of hydrogen-bond acceptors (Lipinski definition) is 12. The second-order valence-electron chi connectivity index (χ2n) is 10.3. The van der Waals surface area contributed by atoms with Gasteiger partial charge in [-0.2, -0.15) is 0 Å². The fourth-order valence-electron chi connectivity index (χ4n) is 3.16. The standard InChI is InChI=1S/C30H59ClO12/c1-30(2,3)43-29(32)28-42-27-26-41-25-24-40-23-22-39-21-20-38-19-18-37-17-16-36-15-14-35-13-12-34-11-10-33-9-7-5-4-6-8-31/h4-28H2,1-3H3. The van der Waals surface area contributed by atoms with E-state index in [1.54, 1.807) is 0 Å². The number of hydrogen-bond donors (Lipinski definition) is 0. The molecule has 0 aliphatic rings. The maximum absolute atomic E-state index is 11.5. The molecule has 0 amide bonds. The van der Waals surface area contributed by atoms with Gasteiger partial charge in [-0.1, -0.05) is 12.8 Å². The Morgan fingerprint density at radius 1 is 0.419 bits per heavy atom. The second-order valence-corrected chi connectivity index (χ2v) is 10.6. The highest BCUT2D eigenvalue weighted by atomic mass is 35.5. The zero-order chi connectivity index (χ0) is 31.5. The Kier molecular flexibility index (Phi) is 33.7. The van der Waals surface area contributed by atoms with Crippen LogP contribution in [-0.4, -0.2) is 150 Å². The van der Waals surface area contributed by atoms with E-state index in [1.165, 1.54) is 6.42 Å². The molecule has 43 heavy (non-hydrogen) atoms. The molecule has 0 heterocycles. The van der Waals surface area contributed by atoms with E-state index in [9.17, 15) is 4.79 Å². The Balaban J connectivity index is 3.09. The van der Waals surface area contributed by atoms with E-state index < -0.39 is 5.60 Å². The normalized spacial score (nSPS) is 11.8. The molecule has 0 fully saturated rings. The predicted octanol–water partition coefficient (Wildman–Crippen LogP) is 3.29. The van der Waals surface area contributed by atoms with E-state index in [2.05, 4.69) is 0 Å². The zero-order valence-electron chi connectivity index (χ0n) is 27.0. The van der Waals surface area contributed by atoms with E-state index in [0.29, 0.717) is 119 Å². The van der Waals surface area contributed by atoms with Gasteiger partial charge in [0.25, 0.3) is 0 Å². The maximum Gasteiger partial charge on any atom is 0.332 e. The molecule has 12 nitrogen and oxygen atoms in total. The minimum Gasteiger partial charge on any atom is -0.458 e. The summed E-state index contributed by atoms with van der Waals surface area (Å²) in [6.07, 6.45) is 4.49. The lowest BCUT2D eigenvalue weighted by Crippen LogP contribution is -2.27. The number of halogens is 1. The number of rotatable bonds is 35. The van der Waals surface area contributed by atoms with E-state index >= 15 is 0 Å². The minimum absolute atomic E-state index is 0.0804. The van der Waals surface area contributed by atoms with Crippen molar-refractivity contribution in [3.8, 4) is 0 Å². The van der Waals surface area contributed by atoms with Crippen molar-refractivity contribution in [1.82, 2.24) is 0 Å². The van der Waals surface area contributed by atoms with Crippen molar-refractivity contribution in [2.24, 2.45) is 0 Å². The average Bonchev–Trinajstić information content (AvgIpc) is 2.96. The second kappa shape index (κ2) is 34.2. The molecule has 0 rings (SSSR count). The first-order chi connectivity index (χ1) is 21.0. The molecule has 0 bridgehead atoms. The molecule has 0 aromatic heterocycles. The average molecular weight is 647 g/mol. The third kappa shape index (κ3) is 39.3. The molecule has 0 aliphatic carbocycles. The van der Waals surface area contributed by atoms with Crippen LogP contribution < -0.4 is 0 Å². The van der Waals surface area contributed by atoms with Crippen LogP contribution in [-0.2, 0) is 56.9 Å². The van der Waals surface area contributed by atoms with Crippen molar-refractivity contribution < 1.29 is 56.9 Å². The highest BCUT2D eigenvalue weighted by Crippen LogP contribution is 2.06. The summed E-state index contributed by atoms with van der Waals surface area (Å²) in [7, 11) is 0. The van der Waals surface area contributed by atoms with Crippen molar-refractivity contribution in [3.63, 3.8) is 0 Å². The number of unbranched alkanes of at least 4 members (excludes halogenated alkanes) is 3. The number of esters is 1. The number of carbonyl (C=O) groups is 1. The van der Waals surface area contributed by atoms with Crippen LogP contribution in [0, 0.1) is 0 Å². The minimum atomic E-state index is -0.508. The Morgan fingerprint density at radius 3 is 1.00 bits per heavy atom. The molecule has 0 aromatic carbocycles. The van der Waals surface area contributed by atoms with Crippen LogP contribution in [0.15, 0.2) is 0 Å². The van der Waals surface area contributed by atoms with Gasteiger partial charge < -0.3 is 52.1 Å². The molecule has 0 saturated carbocycles. The van der Waals surface area contributed by atoms with Gasteiger partial charge >= 0.3 is 5.97 Å². The molecule has 0 atom stereocenters. The topological polar surface area (TPSA) is 119 Å². The molecule has 0 N–H and O–H groups in total. The monoisotopic (exact) mass is 646 g/mol. The predicted molar refractivity (Wildman–Crippen MR) is 163 cm³/mol. The van der Waals surface area contributed by atoms with Crippen molar-refractivity contribution in [1.29, 1.82) is 0 Å². The molecule has 0 radical (unpaired) electrons. The molecule has 0 saturated heterocycles. The van der Waals surface area contributed by atoms with Crippen molar-refractivity contribution in [3.05, 3.63) is 0 Å². The quantitative estimate of drug-likeness (QED) is 0.0571. The van der Waals surface area contributed by atoms with Gasteiger partial charge in [0.05, 0.1) is 119 Å². The molecule has 0 unspecified atom stereocenters. The lowest BCUT2D eigenvalue weighted by atomic mass is 10.2. The highest BCUT2D eigenvalue weighted by molar-refractivity contribution is 6.17. The first kappa shape index (κ1) is 42.4. The van der Waals surface area contributed by atoms with Crippen LogP contribution in [0.3, 0.4) is 0 Å². The highest BCUT2D eigenvalue weighted by Gasteiger charge is 2.15. The van der Waals surface area contributed by atoms with Gasteiger partial charge in [0.15, 0.2) is 0 Å². The third-order valence-corrected chi connectivity index (χ3v) is 5.43. The van der Waals surface area contributed by atoms with Crippen LogP contribution in [0.1, 0.15) is 46.5 Å². The van der Waals surface area contributed by atoms with E-state index in [-0.39, 0.29) is 12.6 Å². The summed E-state index contributed by atoms with van der Waals surface area (Å²) in [5, 5.41) is 0. The molecule has 258 valence electrons. The van der Waals surface area contributed by atoms with Crippen LogP contribution in [0.25, 0.3) is 0 Å². The van der Waals surface area contributed by atoms with Crippen LogP contribution >= 0.6 is 11.6 Å². The molecule has 0 aliphatic heterocycles. The van der Waals surface area contributed by atoms with E-state index in [4.69, 9.17) is 63.7 Å². The van der Waals surface area contributed by atoms with Gasteiger partial charge in [-0.3, -0.25) is 0 Å². The first-order valence-corrected chi connectivity index (χ1v) is 16.0. The van der Waals surface area contributed by atoms with Gasteiger partial charge in [-0.15, -0.1) is 11.6 Å². The van der Waals surface area contributed by atoms with Crippen molar-refractivity contribution in [2.75, 3.05) is 138 Å². The molecule has 0 spiro atoms. The van der Waals surface area contributed by atoms with Gasteiger partial charge in [-0.05, 0) is 33.6 Å². The summed E-state index contributed by atoms with van der Waals surface area (Å²) in [4.78, 5) is 11.5. The molecular formula is C30H59ClO12. The number of alkyl halides is 1. The summed E-state index contributed by atoms with van der Waals surface area (Å²) >= 11 is 5.65. The molecular weight excluding hydrogens is 588 g/mol. The zero-order valence-corrected chi connectivity index (χ0v) is 27.7. The van der Waals surface area contributed by atoms with Crippen LogP contribution in [0.5, 0.6) is 0 Å². The Morgan fingerprint density at radius 2 is 0.698 bits per heavy atom. The lowest BCUT2D eigenvalue weighted by Gasteiger charge is -2.19. The lowest BCUT2D eigenvalue weighted by molar-refractivity contribution is -0.160. The summed E-state index contributed by atoms with van der Waals surface area (Å²) in [5.41, 5.74) is -0.508. The molecule has 0 aromatic rings. The van der Waals surface area contributed by atoms with Crippen LogP contribution in [0.4, 0.5) is 0 Å². The van der Waals surface area contributed by atoms with Gasteiger partial charge in [0.2, 0.25) is 0 Å². The van der Waals surface area contributed by atoms with Gasteiger partial charge in [0.1, 0.15) is 12.2 Å². The summed E-state index contributed by atoms with van der Waals surface area (Å²) in [6.45, 7) is 15.1. The van der Waals surface area contributed by atoms with Gasteiger partial charge in [0, 0.05) is 12.5 Å². The van der Waals surface area contributed by atoms with Gasteiger partial charge in [-0.25, -0.2) is 4.79 Å². The van der Waals surface area contributed by atoms with E-state index in [0.717, 1.165) is 31.7 Å². The smallest absolute Gasteiger partial charge is 0.332 e. The Labute approximate surface area is 264 Å². The largest absolute Gasteiger partial charge is 0.458 e. The number of carbonyl (C=O) groups excluding carboxylic acids is 1.